The Morgan fingerprint density at radius 3 is 2.54 bits per heavy atom. The number of ether oxygens (including phenoxy) is 2. The number of hydrogen-bond donors (Lipinski definition) is 1. The average molecular weight is 411 g/mol. The molecule has 1 saturated heterocycles. The lowest BCUT2D eigenvalue weighted by Gasteiger charge is -2.56. The Balaban J connectivity index is 1.62. The standard InChI is InChI=1S/C21H30O6S/c1-14-4-6-16(7-5-14)28(23,24)27-17-9-12-21(22)18-15(8-11-20(17,21)2)10-13-26-19(18)25-3/h4-7,15,17-19,22H,8-13H2,1-3H3/t15-,17-,18+,19-,20+,21-/m1/s1. The van der Waals surface area contributed by atoms with Crippen LogP contribution in [0.2, 0.25) is 0 Å². The fourth-order valence-corrected chi connectivity index (χ4v) is 6.90. The zero-order chi connectivity index (χ0) is 20.2. The Kier molecular flexibility index (Phi) is 5.11. The van der Waals surface area contributed by atoms with Gasteiger partial charge >= 0.3 is 0 Å². The van der Waals surface area contributed by atoms with Gasteiger partial charge in [-0.2, -0.15) is 8.42 Å². The molecule has 4 rings (SSSR count). The molecule has 2 saturated carbocycles. The van der Waals surface area contributed by atoms with Crippen molar-refractivity contribution in [1.82, 2.24) is 0 Å². The Hall–Kier alpha value is -0.990. The number of hydrogen-bond acceptors (Lipinski definition) is 6. The summed E-state index contributed by atoms with van der Waals surface area (Å²) in [6, 6.07) is 6.66. The van der Waals surface area contributed by atoms with Crippen molar-refractivity contribution in [3.8, 4) is 0 Å². The highest BCUT2D eigenvalue weighted by atomic mass is 32.2. The number of benzene rings is 1. The summed E-state index contributed by atoms with van der Waals surface area (Å²) in [7, 11) is -2.29. The maximum Gasteiger partial charge on any atom is 0.297 e. The van der Waals surface area contributed by atoms with Gasteiger partial charge in [0.1, 0.15) is 0 Å². The minimum absolute atomic E-state index is 0.154. The summed E-state index contributed by atoms with van der Waals surface area (Å²) in [6.07, 6.45) is 2.50. The molecule has 6 nitrogen and oxygen atoms in total. The molecule has 0 radical (unpaired) electrons. The quantitative estimate of drug-likeness (QED) is 0.769. The molecule has 0 aromatic heterocycles. The molecule has 156 valence electrons. The molecule has 3 aliphatic rings. The van der Waals surface area contributed by atoms with Crippen LogP contribution in [0, 0.1) is 24.2 Å². The molecule has 1 aliphatic heterocycles. The van der Waals surface area contributed by atoms with E-state index in [0.29, 0.717) is 25.4 Å². The minimum Gasteiger partial charge on any atom is -0.389 e. The van der Waals surface area contributed by atoms with Gasteiger partial charge in [0, 0.05) is 18.4 Å². The second kappa shape index (κ2) is 7.06. The van der Waals surface area contributed by atoms with E-state index in [1.165, 1.54) is 0 Å². The largest absolute Gasteiger partial charge is 0.389 e. The van der Waals surface area contributed by atoms with Crippen LogP contribution in [0.25, 0.3) is 0 Å². The van der Waals surface area contributed by atoms with E-state index >= 15 is 0 Å². The van der Waals surface area contributed by atoms with E-state index < -0.39 is 33.5 Å². The summed E-state index contributed by atoms with van der Waals surface area (Å²) in [4.78, 5) is 0.154. The van der Waals surface area contributed by atoms with Gasteiger partial charge in [-0.05, 0) is 57.1 Å². The van der Waals surface area contributed by atoms with Crippen LogP contribution in [0.5, 0.6) is 0 Å². The molecule has 1 heterocycles. The molecule has 0 bridgehead atoms. The Labute approximate surface area is 167 Å². The molecule has 0 amide bonds. The predicted molar refractivity (Wildman–Crippen MR) is 103 cm³/mol. The zero-order valence-corrected chi connectivity index (χ0v) is 17.6. The molecule has 6 atom stereocenters. The van der Waals surface area contributed by atoms with E-state index in [2.05, 4.69) is 0 Å². The van der Waals surface area contributed by atoms with Gasteiger partial charge in [0.15, 0.2) is 6.29 Å². The van der Waals surface area contributed by atoms with Gasteiger partial charge in [0.05, 0.1) is 23.2 Å². The highest BCUT2D eigenvalue weighted by molar-refractivity contribution is 7.86. The van der Waals surface area contributed by atoms with Crippen LogP contribution in [0.3, 0.4) is 0 Å². The Morgan fingerprint density at radius 2 is 1.86 bits per heavy atom. The summed E-state index contributed by atoms with van der Waals surface area (Å²) in [6.45, 7) is 4.51. The number of rotatable bonds is 4. The van der Waals surface area contributed by atoms with Gasteiger partial charge in [0.2, 0.25) is 0 Å². The summed E-state index contributed by atoms with van der Waals surface area (Å²) in [5.41, 5.74) is -0.740. The van der Waals surface area contributed by atoms with Gasteiger partial charge in [-0.1, -0.05) is 24.6 Å². The first kappa shape index (κ1) is 20.3. The first-order valence-corrected chi connectivity index (χ1v) is 11.5. The van der Waals surface area contributed by atoms with Gasteiger partial charge in [-0.25, -0.2) is 0 Å². The highest BCUT2D eigenvalue weighted by Crippen LogP contribution is 2.62. The van der Waals surface area contributed by atoms with Crippen molar-refractivity contribution in [1.29, 1.82) is 0 Å². The van der Waals surface area contributed by atoms with E-state index in [9.17, 15) is 13.5 Å². The SMILES string of the molecule is CO[C@@H]1OCC[C@H]2CC[C@@]3(C)[C@H](OS(=O)(=O)c4ccc(C)cc4)CC[C@@]3(O)[C@@H]21. The number of aliphatic hydroxyl groups is 1. The molecule has 2 aliphatic carbocycles. The zero-order valence-electron chi connectivity index (χ0n) is 16.8. The van der Waals surface area contributed by atoms with Crippen LogP contribution in [0.15, 0.2) is 29.2 Å². The monoisotopic (exact) mass is 410 g/mol. The Bertz CT molecular complexity index is 816. The average Bonchev–Trinajstić information content (AvgIpc) is 2.93. The predicted octanol–water partition coefficient (Wildman–Crippen LogP) is 3.02. The molecule has 7 heteroatoms. The third-order valence-electron chi connectivity index (χ3n) is 7.43. The van der Waals surface area contributed by atoms with Crippen molar-refractivity contribution in [2.75, 3.05) is 13.7 Å². The fraction of sp³-hybridized carbons (Fsp3) is 0.714. The second-order valence-corrected chi connectivity index (χ2v) is 10.4. The minimum atomic E-state index is -3.90. The van der Waals surface area contributed by atoms with Crippen LogP contribution in [-0.4, -0.2) is 45.2 Å². The molecule has 1 N–H and O–H groups in total. The molecular formula is C21H30O6S. The normalized spacial score (nSPS) is 40.7. The van der Waals surface area contributed by atoms with E-state index in [1.54, 1.807) is 31.4 Å². The first-order chi connectivity index (χ1) is 13.2. The van der Waals surface area contributed by atoms with Crippen molar-refractivity contribution in [3.05, 3.63) is 29.8 Å². The van der Waals surface area contributed by atoms with E-state index in [1.807, 2.05) is 13.8 Å². The summed E-state index contributed by atoms with van der Waals surface area (Å²) < 4.78 is 42.8. The smallest absolute Gasteiger partial charge is 0.297 e. The molecule has 1 aromatic carbocycles. The van der Waals surface area contributed by atoms with Crippen LogP contribution in [-0.2, 0) is 23.8 Å². The topological polar surface area (TPSA) is 82.1 Å². The van der Waals surface area contributed by atoms with Crippen molar-refractivity contribution >= 4 is 10.1 Å². The molecule has 0 unspecified atom stereocenters. The molecule has 28 heavy (non-hydrogen) atoms. The Morgan fingerprint density at radius 1 is 1.14 bits per heavy atom. The van der Waals surface area contributed by atoms with Crippen LogP contribution in [0.1, 0.15) is 44.6 Å². The molecular weight excluding hydrogens is 380 g/mol. The van der Waals surface area contributed by atoms with Crippen LogP contribution < -0.4 is 0 Å². The van der Waals surface area contributed by atoms with E-state index in [-0.39, 0.29) is 10.8 Å². The lowest BCUT2D eigenvalue weighted by Crippen LogP contribution is -2.63. The third kappa shape index (κ3) is 3.03. The van der Waals surface area contributed by atoms with Crippen molar-refractivity contribution < 1.29 is 27.2 Å². The number of fused-ring (bicyclic) bond motifs is 3. The van der Waals surface area contributed by atoms with Gasteiger partial charge in [-0.15, -0.1) is 0 Å². The van der Waals surface area contributed by atoms with Gasteiger partial charge < -0.3 is 14.6 Å². The van der Waals surface area contributed by atoms with Crippen LogP contribution in [0.4, 0.5) is 0 Å². The number of methoxy groups -OCH3 is 1. The first-order valence-electron chi connectivity index (χ1n) is 10.1. The summed E-state index contributed by atoms with van der Waals surface area (Å²) in [5, 5.41) is 11.8. The van der Waals surface area contributed by atoms with Gasteiger partial charge in [0.25, 0.3) is 10.1 Å². The maximum absolute atomic E-state index is 12.9. The second-order valence-electron chi connectivity index (χ2n) is 8.82. The lowest BCUT2D eigenvalue weighted by molar-refractivity contribution is -0.279. The fourth-order valence-electron chi connectivity index (χ4n) is 5.71. The molecule has 3 fully saturated rings. The lowest BCUT2D eigenvalue weighted by atomic mass is 9.55. The van der Waals surface area contributed by atoms with Crippen LogP contribution >= 0.6 is 0 Å². The third-order valence-corrected chi connectivity index (χ3v) is 8.77. The molecule has 1 aromatic rings. The maximum atomic E-state index is 12.9. The number of aryl methyl sites for hydroxylation is 1. The van der Waals surface area contributed by atoms with Crippen molar-refractivity contribution in [3.63, 3.8) is 0 Å². The highest BCUT2D eigenvalue weighted by Gasteiger charge is 2.67. The van der Waals surface area contributed by atoms with Gasteiger partial charge in [-0.3, -0.25) is 4.18 Å². The van der Waals surface area contributed by atoms with E-state index in [4.69, 9.17) is 13.7 Å². The van der Waals surface area contributed by atoms with E-state index in [0.717, 1.165) is 24.8 Å². The summed E-state index contributed by atoms with van der Waals surface area (Å²) >= 11 is 0. The molecule has 0 spiro atoms. The summed E-state index contributed by atoms with van der Waals surface area (Å²) in [5.74, 6) is 0.157. The van der Waals surface area contributed by atoms with Crippen molar-refractivity contribution in [2.45, 2.75) is 68.8 Å². The van der Waals surface area contributed by atoms with Crippen molar-refractivity contribution in [2.24, 2.45) is 17.3 Å².